The molecule has 0 aliphatic carbocycles. The highest BCUT2D eigenvalue weighted by atomic mass is 35.5. The van der Waals surface area contributed by atoms with Crippen LogP contribution in [0, 0.1) is 0 Å². The Hall–Kier alpha value is -2.23. The number of rotatable bonds is 3. The van der Waals surface area contributed by atoms with Crippen molar-refractivity contribution in [2.45, 2.75) is 0 Å². The molecule has 0 unspecified atom stereocenters. The molecule has 0 radical (unpaired) electrons. The summed E-state index contributed by atoms with van der Waals surface area (Å²) in [5.41, 5.74) is 1.15. The van der Waals surface area contributed by atoms with Crippen molar-refractivity contribution in [1.29, 1.82) is 0 Å². The van der Waals surface area contributed by atoms with E-state index in [4.69, 9.17) is 27.9 Å². The van der Waals surface area contributed by atoms with Gasteiger partial charge < -0.3 is 10.1 Å². The zero-order valence-electron chi connectivity index (χ0n) is 12.3. The van der Waals surface area contributed by atoms with Gasteiger partial charge in [-0.05, 0) is 35.7 Å². The van der Waals surface area contributed by atoms with Gasteiger partial charge in [0.2, 0.25) is 0 Å². The highest BCUT2D eigenvalue weighted by Crippen LogP contribution is 2.29. The number of methoxy groups -OCH3 is 1. The molecule has 0 saturated carbocycles. The number of carbonyl (C=O) groups is 1. The molecule has 0 aromatic heterocycles. The number of ether oxygens (including phenoxy) is 1. The summed E-state index contributed by atoms with van der Waals surface area (Å²) in [7, 11) is 1.54. The molecule has 116 valence electrons. The molecule has 0 aliphatic rings. The Morgan fingerprint density at radius 3 is 2.43 bits per heavy atom. The number of halogens is 2. The monoisotopic (exact) mass is 345 g/mol. The minimum absolute atomic E-state index is 0.223. The number of hydrogen-bond donors (Lipinski definition) is 1. The van der Waals surface area contributed by atoms with E-state index in [0.717, 1.165) is 10.8 Å². The maximum Gasteiger partial charge on any atom is 0.256 e. The van der Waals surface area contributed by atoms with Crippen LogP contribution in [0.15, 0.2) is 54.6 Å². The topological polar surface area (TPSA) is 38.3 Å². The first-order valence-electron chi connectivity index (χ1n) is 6.92. The van der Waals surface area contributed by atoms with Gasteiger partial charge in [-0.3, -0.25) is 4.79 Å². The summed E-state index contributed by atoms with van der Waals surface area (Å²) in [5, 5.41) is 5.54. The Labute approximate surface area is 143 Å². The van der Waals surface area contributed by atoms with Gasteiger partial charge in [0, 0.05) is 21.7 Å². The molecule has 1 amide bonds. The summed E-state index contributed by atoms with van der Waals surface area (Å²) in [6.45, 7) is 0. The number of anilines is 1. The number of carbonyl (C=O) groups excluding carboxylic acids is 1. The minimum Gasteiger partial charge on any atom is -0.495 e. The van der Waals surface area contributed by atoms with Crippen molar-refractivity contribution in [2.75, 3.05) is 12.4 Å². The summed E-state index contributed by atoms with van der Waals surface area (Å²) < 4.78 is 5.10. The average molecular weight is 346 g/mol. The van der Waals surface area contributed by atoms with Gasteiger partial charge in [0.05, 0.1) is 12.1 Å². The fourth-order valence-electron chi connectivity index (χ4n) is 2.41. The van der Waals surface area contributed by atoms with E-state index in [1.165, 1.54) is 0 Å². The molecule has 0 spiro atoms. The van der Waals surface area contributed by atoms with Crippen LogP contribution in [-0.4, -0.2) is 13.0 Å². The average Bonchev–Trinajstić information content (AvgIpc) is 2.55. The Morgan fingerprint density at radius 2 is 1.70 bits per heavy atom. The molecule has 0 saturated heterocycles. The SMILES string of the molecule is COc1ccc(NC(=O)c2cccc3c(Cl)cccc23)cc1Cl. The van der Waals surface area contributed by atoms with Gasteiger partial charge in [-0.15, -0.1) is 0 Å². The lowest BCUT2D eigenvalue weighted by Crippen LogP contribution is -2.12. The maximum atomic E-state index is 12.6. The lowest BCUT2D eigenvalue weighted by Gasteiger charge is -2.10. The molecule has 0 aliphatic heterocycles. The number of hydrogen-bond acceptors (Lipinski definition) is 2. The van der Waals surface area contributed by atoms with Gasteiger partial charge in [-0.1, -0.05) is 47.5 Å². The first kappa shape index (κ1) is 15.7. The van der Waals surface area contributed by atoms with Gasteiger partial charge in [0.15, 0.2) is 0 Å². The van der Waals surface area contributed by atoms with Crippen molar-refractivity contribution in [3.05, 3.63) is 70.2 Å². The van der Waals surface area contributed by atoms with Crippen LogP contribution < -0.4 is 10.1 Å². The quantitative estimate of drug-likeness (QED) is 0.689. The van der Waals surface area contributed by atoms with E-state index < -0.39 is 0 Å². The third-order valence-corrected chi connectivity index (χ3v) is 4.15. The highest BCUT2D eigenvalue weighted by Gasteiger charge is 2.12. The predicted molar refractivity (Wildman–Crippen MR) is 94.9 cm³/mol. The van der Waals surface area contributed by atoms with E-state index in [1.54, 1.807) is 37.4 Å². The van der Waals surface area contributed by atoms with Gasteiger partial charge >= 0.3 is 0 Å². The van der Waals surface area contributed by atoms with Crippen LogP contribution in [0.25, 0.3) is 10.8 Å². The molecule has 3 aromatic carbocycles. The smallest absolute Gasteiger partial charge is 0.256 e. The van der Waals surface area contributed by atoms with E-state index in [1.807, 2.05) is 24.3 Å². The third-order valence-electron chi connectivity index (χ3n) is 3.52. The molecule has 0 heterocycles. The van der Waals surface area contributed by atoms with Gasteiger partial charge in [0.25, 0.3) is 5.91 Å². The zero-order valence-corrected chi connectivity index (χ0v) is 13.8. The Bertz CT molecular complexity index is 893. The number of amides is 1. The Kier molecular flexibility index (Phi) is 4.42. The molecule has 23 heavy (non-hydrogen) atoms. The van der Waals surface area contributed by atoms with Crippen molar-refractivity contribution >= 4 is 45.6 Å². The first-order valence-corrected chi connectivity index (χ1v) is 7.68. The van der Waals surface area contributed by atoms with Crippen LogP contribution in [0.2, 0.25) is 10.0 Å². The molecule has 1 N–H and O–H groups in total. The van der Waals surface area contributed by atoms with Gasteiger partial charge in [-0.2, -0.15) is 0 Å². The number of fused-ring (bicyclic) bond motifs is 1. The fourth-order valence-corrected chi connectivity index (χ4v) is 2.91. The van der Waals surface area contributed by atoms with E-state index in [0.29, 0.717) is 27.0 Å². The Morgan fingerprint density at radius 1 is 0.957 bits per heavy atom. The molecule has 3 nitrogen and oxygen atoms in total. The molecule has 3 rings (SSSR count). The van der Waals surface area contributed by atoms with E-state index in [9.17, 15) is 4.79 Å². The van der Waals surface area contributed by atoms with Crippen molar-refractivity contribution < 1.29 is 9.53 Å². The van der Waals surface area contributed by atoms with E-state index in [2.05, 4.69) is 5.32 Å². The second-order valence-electron chi connectivity index (χ2n) is 4.94. The fraction of sp³-hybridized carbons (Fsp3) is 0.0556. The summed E-state index contributed by atoms with van der Waals surface area (Å²) in [4.78, 5) is 12.6. The molecular weight excluding hydrogens is 333 g/mol. The summed E-state index contributed by atoms with van der Waals surface area (Å²) >= 11 is 12.3. The molecular formula is C18H13Cl2NO2. The van der Waals surface area contributed by atoms with Crippen LogP contribution in [0.1, 0.15) is 10.4 Å². The molecule has 0 bridgehead atoms. The molecule has 0 atom stereocenters. The normalized spacial score (nSPS) is 10.6. The maximum absolute atomic E-state index is 12.6. The largest absolute Gasteiger partial charge is 0.495 e. The first-order chi connectivity index (χ1) is 11.1. The highest BCUT2D eigenvalue weighted by molar-refractivity contribution is 6.36. The van der Waals surface area contributed by atoms with Crippen LogP contribution in [0.3, 0.4) is 0 Å². The molecule has 0 fully saturated rings. The molecule has 5 heteroatoms. The van der Waals surface area contributed by atoms with Crippen molar-refractivity contribution in [2.24, 2.45) is 0 Å². The number of benzene rings is 3. The van der Waals surface area contributed by atoms with Crippen molar-refractivity contribution in [3.8, 4) is 5.75 Å². The summed E-state index contributed by atoms with van der Waals surface area (Å²) in [5.74, 6) is 0.334. The van der Waals surface area contributed by atoms with Gasteiger partial charge in [-0.25, -0.2) is 0 Å². The second kappa shape index (κ2) is 6.49. The minimum atomic E-state index is -0.223. The van der Waals surface area contributed by atoms with Crippen LogP contribution >= 0.6 is 23.2 Å². The zero-order chi connectivity index (χ0) is 16.4. The second-order valence-corrected chi connectivity index (χ2v) is 5.76. The number of nitrogens with one attached hydrogen (secondary N) is 1. The summed E-state index contributed by atoms with van der Waals surface area (Å²) in [6.07, 6.45) is 0. The standard InChI is InChI=1S/C18H13Cl2NO2/c1-23-17-9-8-11(10-16(17)20)21-18(22)14-6-2-5-13-12(14)4-3-7-15(13)19/h2-10H,1H3,(H,21,22). The van der Waals surface area contributed by atoms with E-state index >= 15 is 0 Å². The predicted octanol–water partition coefficient (Wildman–Crippen LogP) is 5.41. The lowest BCUT2D eigenvalue weighted by molar-refractivity contribution is 0.102. The van der Waals surface area contributed by atoms with Crippen molar-refractivity contribution in [1.82, 2.24) is 0 Å². The van der Waals surface area contributed by atoms with Crippen LogP contribution in [0.4, 0.5) is 5.69 Å². The lowest BCUT2D eigenvalue weighted by atomic mass is 10.0. The van der Waals surface area contributed by atoms with Crippen molar-refractivity contribution in [3.63, 3.8) is 0 Å². The van der Waals surface area contributed by atoms with Crippen LogP contribution in [0.5, 0.6) is 5.75 Å². The third kappa shape index (κ3) is 3.11. The van der Waals surface area contributed by atoms with Crippen LogP contribution in [-0.2, 0) is 0 Å². The summed E-state index contributed by atoms with van der Waals surface area (Å²) in [6, 6.07) is 16.1. The molecule has 3 aromatic rings. The van der Waals surface area contributed by atoms with Gasteiger partial charge in [0.1, 0.15) is 5.75 Å². The Balaban J connectivity index is 1.95. The van der Waals surface area contributed by atoms with E-state index in [-0.39, 0.29) is 5.91 Å².